The average molecular weight is 476 g/mol. The maximum Gasteiger partial charge on any atom is 0.429 e. The van der Waals surface area contributed by atoms with E-state index in [2.05, 4.69) is 4.74 Å². The molecule has 9 heteroatoms. The third-order valence-electron chi connectivity index (χ3n) is 5.65. The van der Waals surface area contributed by atoms with E-state index in [-0.39, 0.29) is 24.2 Å². The molecule has 33 heavy (non-hydrogen) atoms. The average Bonchev–Trinajstić information content (AvgIpc) is 2.79. The van der Waals surface area contributed by atoms with Gasteiger partial charge in [-0.25, -0.2) is 8.78 Å². The number of benzene rings is 2. The summed E-state index contributed by atoms with van der Waals surface area (Å²) in [4.78, 5) is 0. The molecule has 0 spiro atoms. The molecule has 2 aromatic carbocycles. The maximum absolute atomic E-state index is 14.7. The van der Waals surface area contributed by atoms with Gasteiger partial charge in [-0.3, -0.25) is 0 Å². The minimum Gasteiger partial charge on any atom is -0.491 e. The van der Waals surface area contributed by atoms with Crippen molar-refractivity contribution in [3.63, 3.8) is 0 Å². The lowest BCUT2D eigenvalue weighted by atomic mass is 9.82. The van der Waals surface area contributed by atoms with Gasteiger partial charge in [-0.15, -0.1) is 0 Å². The zero-order valence-electron chi connectivity index (χ0n) is 18.4. The number of hydrogen-bond acceptors (Lipinski definition) is 3. The Kier molecular flexibility index (Phi) is 8.15. The molecule has 1 saturated carbocycles. The van der Waals surface area contributed by atoms with Crippen molar-refractivity contribution in [1.29, 1.82) is 0 Å². The molecule has 0 atom stereocenters. The molecule has 0 bridgehead atoms. The molecule has 1 aliphatic carbocycles. The van der Waals surface area contributed by atoms with Gasteiger partial charge in [-0.05, 0) is 68.7 Å². The second-order valence-corrected chi connectivity index (χ2v) is 7.92. The summed E-state index contributed by atoms with van der Waals surface area (Å²) in [5.74, 6) is -8.36. The molecule has 0 aliphatic heterocycles. The molecule has 1 fully saturated rings. The van der Waals surface area contributed by atoms with Crippen LogP contribution in [0.2, 0.25) is 0 Å². The molecule has 0 unspecified atom stereocenters. The van der Waals surface area contributed by atoms with E-state index in [1.54, 1.807) is 0 Å². The van der Waals surface area contributed by atoms with E-state index in [9.17, 15) is 26.3 Å². The van der Waals surface area contributed by atoms with Crippen LogP contribution in [-0.2, 0) is 10.8 Å². The van der Waals surface area contributed by atoms with Gasteiger partial charge in [0.25, 0.3) is 0 Å². The molecular weight excluding hydrogens is 450 g/mol. The minimum atomic E-state index is -4.46. The maximum atomic E-state index is 14.7. The Hall–Kier alpha value is -2.42. The molecule has 1 aliphatic rings. The Labute approximate surface area is 188 Å². The second kappa shape index (κ2) is 10.7. The van der Waals surface area contributed by atoms with Gasteiger partial charge in [0.1, 0.15) is 5.56 Å². The molecule has 3 nitrogen and oxygen atoms in total. The van der Waals surface area contributed by atoms with Crippen LogP contribution in [0.3, 0.4) is 0 Å². The monoisotopic (exact) mass is 476 g/mol. The summed E-state index contributed by atoms with van der Waals surface area (Å²) in [5.41, 5.74) is -1.40. The van der Waals surface area contributed by atoms with Crippen molar-refractivity contribution < 1.29 is 40.6 Å². The molecule has 0 amide bonds. The van der Waals surface area contributed by atoms with Crippen LogP contribution in [0.15, 0.2) is 24.3 Å². The van der Waals surface area contributed by atoms with E-state index in [1.807, 2.05) is 6.92 Å². The molecule has 3 rings (SSSR count). The summed E-state index contributed by atoms with van der Waals surface area (Å²) in [6.07, 6.45) is -0.997. The van der Waals surface area contributed by atoms with Crippen LogP contribution in [0.1, 0.15) is 63.0 Å². The van der Waals surface area contributed by atoms with E-state index in [1.165, 1.54) is 13.0 Å². The summed E-state index contributed by atoms with van der Waals surface area (Å²) < 4.78 is 101. The van der Waals surface area contributed by atoms with Crippen LogP contribution in [-0.4, -0.2) is 19.3 Å². The molecule has 0 aromatic heterocycles. The Morgan fingerprint density at radius 1 is 0.818 bits per heavy atom. The Morgan fingerprint density at radius 2 is 1.45 bits per heavy atom. The fourth-order valence-corrected chi connectivity index (χ4v) is 3.98. The van der Waals surface area contributed by atoms with Gasteiger partial charge < -0.3 is 14.2 Å². The summed E-state index contributed by atoms with van der Waals surface area (Å²) in [6, 6.07) is 3.46. The number of alkyl halides is 2. The van der Waals surface area contributed by atoms with Gasteiger partial charge in [0.15, 0.2) is 23.1 Å². The largest absolute Gasteiger partial charge is 0.491 e. The van der Waals surface area contributed by atoms with Crippen LogP contribution >= 0.6 is 0 Å². The van der Waals surface area contributed by atoms with Crippen molar-refractivity contribution >= 4 is 0 Å². The first kappa shape index (κ1) is 25.2. The zero-order valence-corrected chi connectivity index (χ0v) is 18.4. The van der Waals surface area contributed by atoms with Crippen molar-refractivity contribution in [3.05, 3.63) is 58.7 Å². The standard InChI is InChI=1S/C24H26F6O3/c1-3-13-32-15-7-5-14(6-8-15)16-9-11-19(23(28)20(16)25)33-24(29,30)17-10-12-18(31-4-2)22(27)21(17)26/h9-12,14-15H,3-8,13H2,1-2H3. The third-order valence-corrected chi connectivity index (χ3v) is 5.65. The van der Waals surface area contributed by atoms with Gasteiger partial charge in [0.2, 0.25) is 11.6 Å². The first-order valence-corrected chi connectivity index (χ1v) is 11.0. The topological polar surface area (TPSA) is 27.7 Å². The highest BCUT2D eigenvalue weighted by Crippen LogP contribution is 2.40. The lowest BCUT2D eigenvalue weighted by Crippen LogP contribution is -2.25. The number of ether oxygens (including phenoxy) is 3. The molecule has 0 saturated heterocycles. The Morgan fingerprint density at radius 3 is 2.09 bits per heavy atom. The normalized spacial score (nSPS) is 18.9. The van der Waals surface area contributed by atoms with E-state index >= 15 is 0 Å². The number of halogens is 6. The van der Waals surface area contributed by atoms with Crippen molar-refractivity contribution in [2.45, 2.75) is 64.1 Å². The van der Waals surface area contributed by atoms with Crippen LogP contribution in [0.4, 0.5) is 26.3 Å². The second-order valence-electron chi connectivity index (χ2n) is 7.92. The molecular formula is C24H26F6O3. The highest BCUT2D eigenvalue weighted by atomic mass is 19.3. The number of hydrogen-bond donors (Lipinski definition) is 0. The predicted octanol–water partition coefficient (Wildman–Crippen LogP) is 7.22. The summed E-state index contributed by atoms with van der Waals surface area (Å²) in [7, 11) is 0. The number of rotatable bonds is 9. The zero-order chi connectivity index (χ0) is 24.2. The lowest BCUT2D eigenvalue weighted by Gasteiger charge is -2.29. The first-order valence-electron chi connectivity index (χ1n) is 11.0. The molecule has 2 aromatic rings. The predicted molar refractivity (Wildman–Crippen MR) is 110 cm³/mol. The van der Waals surface area contributed by atoms with E-state index in [0.717, 1.165) is 18.6 Å². The van der Waals surface area contributed by atoms with Gasteiger partial charge >= 0.3 is 6.11 Å². The van der Waals surface area contributed by atoms with Crippen LogP contribution in [0.25, 0.3) is 0 Å². The molecule has 182 valence electrons. The van der Waals surface area contributed by atoms with Crippen molar-refractivity contribution in [1.82, 2.24) is 0 Å². The summed E-state index contributed by atoms with van der Waals surface area (Å²) in [5, 5.41) is 0. The van der Waals surface area contributed by atoms with Crippen molar-refractivity contribution in [2.75, 3.05) is 13.2 Å². The lowest BCUT2D eigenvalue weighted by molar-refractivity contribution is -0.189. The first-order chi connectivity index (χ1) is 15.7. The molecule has 0 radical (unpaired) electrons. The van der Waals surface area contributed by atoms with Gasteiger partial charge in [-0.2, -0.15) is 17.6 Å². The third kappa shape index (κ3) is 5.57. The van der Waals surface area contributed by atoms with Crippen LogP contribution in [0, 0.1) is 23.3 Å². The van der Waals surface area contributed by atoms with E-state index < -0.39 is 46.4 Å². The smallest absolute Gasteiger partial charge is 0.429 e. The molecule has 0 heterocycles. The fraction of sp³-hybridized carbons (Fsp3) is 0.500. The van der Waals surface area contributed by atoms with Crippen LogP contribution in [0.5, 0.6) is 11.5 Å². The quantitative estimate of drug-likeness (QED) is 0.358. The fourth-order valence-electron chi connectivity index (χ4n) is 3.98. The van der Waals surface area contributed by atoms with Crippen LogP contribution < -0.4 is 9.47 Å². The van der Waals surface area contributed by atoms with Gasteiger partial charge in [0.05, 0.1) is 12.7 Å². The van der Waals surface area contributed by atoms with Crippen molar-refractivity contribution in [2.24, 2.45) is 0 Å². The van der Waals surface area contributed by atoms with E-state index in [4.69, 9.17) is 9.47 Å². The van der Waals surface area contributed by atoms with Gasteiger partial charge in [0, 0.05) is 6.61 Å². The SMILES string of the molecule is CCCOC1CCC(c2ccc(OC(F)(F)c3ccc(OCC)c(F)c3F)c(F)c2F)CC1. The highest BCUT2D eigenvalue weighted by molar-refractivity contribution is 5.36. The Balaban J connectivity index is 1.77. The summed E-state index contributed by atoms with van der Waals surface area (Å²) in [6.45, 7) is 4.14. The highest BCUT2D eigenvalue weighted by Gasteiger charge is 2.41. The van der Waals surface area contributed by atoms with E-state index in [0.29, 0.717) is 38.4 Å². The Bertz CT molecular complexity index is 958. The van der Waals surface area contributed by atoms with Gasteiger partial charge in [-0.1, -0.05) is 13.0 Å². The minimum absolute atomic E-state index is 0.00709. The molecule has 0 N–H and O–H groups in total. The van der Waals surface area contributed by atoms with Crippen molar-refractivity contribution in [3.8, 4) is 11.5 Å². The summed E-state index contributed by atoms with van der Waals surface area (Å²) >= 11 is 0.